The summed E-state index contributed by atoms with van der Waals surface area (Å²) in [6, 6.07) is 10.7. The highest BCUT2D eigenvalue weighted by molar-refractivity contribution is 5.99. The van der Waals surface area contributed by atoms with Gasteiger partial charge in [-0.05, 0) is 23.5 Å². The molecule has 0 spiro atoms. The van der Waals surface area contributed by atoms with Crippen molar-refractivity contribution in [3.05, 3.63) is 83.5 Å². The predicted molar refractivity (Wildman–Crippen MR) is 97.4 cm³/mol. The Balaban J connectivity index is 1.60. The lowest BCUT2D eigenvalue weighted by Gasteiger charge is -2.18. The van der Waals surface area contributed by atoms with Gasteiger partial charge in [0.05, 0.1) is 0 Å². The number of carbonyl (C=O) groups excluding carboxylic acids is 1. The van der Waals surface area contributed by atoms with E-state index in [1.807, 2.05) is 24.3 Å². The highest BCUT2D eigenvalue weighted by Gasteiger charge is 2.38. The average Bonchev–Trinajstić information content (AvgIpc) is 2.91. The van der Waals surface area contributed by atoms with Gasteiger partial charge in [-0.15, -0.1) is 0 Å². The zero-order valence-electron chi connectivity index (χ0n) is 13.9. The number of fused-ring (bicyclic) bond motifs is 2. The van der Waals surface area contributed by atoms with Crippen molar-refractivity contribution in [2.24, 2.45) is 11.8 Å². The Morgan fingerprint density at radius 1 is 0.958 bits per heavy atom. The number of benzene rings is 1. The van der Waals surface area contributed by atoms with E-state index in [2.05, 4.69) is 47.4 Å². The van der Waals surface area contributed by atoms with E-state index in [0.29, 0.717) is 24.0 Å². The molecule has 3 aliphatic rings. The first-order valence-corrected chi connectivity index (χ1v) is 8.86. The molecule has 0 N–H and O–H groups in total. The van der Waals surface area contributed by atoms with Crippen LogP contribution < -0.4 is 0 Å². The van der Waals surface area contributed by atoms with E-state index in [9.17, 15) is 4.79 Å². The summed E-state index contributed by atoms with van der Waals surface area (Å²) < 4.78 is 0. The Hall–Kier alpha value is -2.19. The normalized spacial score (nSPS) is 29.4. The van der Waals surface area contributed by atoms with Gasteiger partial charge in [0.15, 0.2) is 5.78 Å². The molecular formula is C22H23NO. The number of Topliss-reactive ketones (excluding diaryl/α,β-unsaturated/α-hetero) is 1. The highest BCUT2D eigenvalue weighted by Crippen LogP contribution is 2.39. The third-order valence-electron chi connectivity index (χ3n) is 5.39. The SMILES string of the molecule is O=C1CCC2CN(Cc3ccccc3)CC2C2=C1/C=C\C=C/C=C2. The summed E-state index contributed by atoms with van der Waals surface area (Å²) in [6.45, 7) is 3.15. The third kappa shape index (κ3) is 3.07. The Labute approximate surface area is 143 Å². The standard InChI is InChI=1S/C22H23NO/c24-22-13-12-18-15-23(14-17-8-4-3-5-9-17)16-21(18)19-10-6-1-2-7-11-20(19)22/h1-11,18,21H,12-16H2/b2-1-,6-1?,7-2?,10-6?,11-7-,19-10?,20-11?. The molecule has 0 amide bonds. The molecule has 24 heavy (non-hydrogen) atoms. The van der Waals surface area contributed by atoms with Gasteiger partial charge >= 0.3 is 0 Å². The summed E-state index contributed by atoms with van der Waals surface area (Å²) in [7, 11) is 0. The second-order valence-electron chi connectivity index (χ2n) is 6.98. The van der Waals surface area contributed by atoms with Crippen LogP contribution in [0.5, 0.6) is 0 Å². The predicted octanol–water partition coefficient (Wildman–Crippen LogP) is 4.08. The Morgan fingerprint density at radius 3 is 2.58 bits per heavy atom. The van der Waals surface area contributed by atoms with Crippen LogP contribution in [0, 0.1) is 11.8 Å². The molecule has 2 nitrogen and oxygen atoms in total. The minimum Gasteiger partial charge on any atom is -0.298 e. The van der Waals surface area contributed by atoms with Crippen molar-refractivity contribution < 1.29 is 4.79 Å². The fourth-order valence-electron chi connectivity index (χ4n) is 4.23. The van der Waals surface area contributed by atoms with Crippen molar-refractivity contribution in [3.8, 4) is 0 Å². The molecule has 1 fully saturated rings. The number of rotatable bonds is 2. The van der Waals surface area contributed by atoms with E-state index in [4.69, 9.17) is 0 Å². The molecule has 122 valence electrons. The lowest BCUT2D eigenvalue weighted by molar-refractivity contribution is -0.115. The molecule has 0 aromatic heterocycles. The molecule has 0 radical (unpaired) electrons. The summed E-state index contributed by atoms with van der Waals surface area (Å²) in [5.41, 5.74) is 3.55. The quantitative estimate of drug-likeness (QED) is 0.819. The van der Waals surface area contributed by atoms with Crippen molar-refractivity contribution in [2.75, 3.05) is 13.1 Å². The lowest BCUT2D eigenvalue weighted by Crippen LogP contribution is -2.21. The third-order valence-corrected chi connectivity index (χ3v) is 5.39. The van der Waals surface area contributed by atoms with Crippen molar-refractivity contribution in [1.29, 1.82) is 0 Å². The summed E-state index contributed by atoms with van der Waals surface area (Å²) in [6.07, 6.45) is 14.0. The first kappa shape index (κ1) is 15.3. The molecule has 1 heterocycles. The monoisotopic (exact) mass is 317 g/mol. The van der Waals surface area contributed by atoms with Crippen LogP contribution in [0.1, 0.15) is 18.4 Å². The maximum atomic E-state index is 12.5. The number of carbonyl (C=O) groups is 1. The van der Waals surface area contributed by atoms with Crippen LogP contribution in [0.3, 0.4) is 0 Å². The molecule has 1 aliphatic heterocycles. The molecule has 2 aliphatic carbocycles. The van der Waals surface area contributed by atoms with Gasteiger partial charge in [0, 0.05) is 37.5 Å². The number of allylic oxidation sites excluding steroid dienone is 7. The van der Waals surface area contributed by atoms with Gasteiger partial charge < -0.3 is 0 Å². The summed E-state index contributed by atoms with van der Waals surface area (Å²) in [4.78, 5) is 15.1. The zero-order chi connectivity index (χ0) is 16.4. The molecule has 2 unspecified atom stereocenters. The van der Waals surface area contributed by atoms with E-state index < -0.39 is 0 Å². The number of ketones is 1. The fourth-order valence-corrected chi connectivity index (χ4v) is 4.23. The van der Waals surface area contributed by atoms with E-state index in [1.54, 1.807) is 0 Å². The van der Waals surface area contributed by atoms with Gasteiger partial charge in [0.1, 0.15) is 0 Å². The van der Waals surface area contributed by atoms with Crippen molar-refractivity contribution >= 4 is 5.78 Å². The topological polar surface area (TPSA) is 20.3 Å². The van der Waals surface area contributed by atoms with E-state index in [0.717, 1.165) is 31.6 Å². The van der Waals surface area contributed by atoms with Gasteiger partial charge in [0.25, 0.3) is 0 Å². The molecular weight excluding hydrogens is 294 g/mol. The molecule has 4 rings (SSSR count). The number of likely N-dealkylation sites (tertiary alicyclic amines) is 1. The summed E-state index contributed by atoms with van der Waals surface area (Å²) in [5.74, 6) is 1.37. The molecule has 0 bridgehead atoms. The molecule has 1 aromatic rings. The van der Waals surface area contributed by atoms with Crippen LogP contribution in [0.4, 0.5) is 0 Å². The van der Waals surface area contributed by atoms with Crippen LogP contribution >= 0.6 is 0 Å². The van der Waals surface area contributed by atoms with Gasteiger partial charge in [-0.1, -0.05) is 66.8 Å². The minimum atomic E-state index is 0.310. The summed E-state index contributed by atoms with van der Waals surface area (Å²) in [5, 5.41) is 0. The first-order chi connectivity index (χ1) is 11.8. The number of hydrogen-bond acceptors (Lipinski definition) is 2. The van der Waals surface area contributed by atoms with E-state index >= 15 is 0 Å². The maximum Gasteiger partial charge on any atom is 0.163 e. The van der Waals surface area contributed by atoms with Gasteiger partial charge in [-0.3, -0.25) is 9.69 Å². The Kier molecular flexibility index (Phi) is 4.31. The average molecular weight is 317 g/mol. The smallest absolute Gasteiger partial charge is 0.163 e. The van der Waals surface area contributed by atoms with Crippen molar-refractivity contribution in [2.45, 2.75) is 19.4 Å². The molecule has 2 atom stereocenters. The lowest BCUT2D eigenvalue weighted by atomic mass is 9.86. The fraction of sp³-hybridized carbons (Fsp3) is 0.318. The van der Waals surface area contributed by atoms with Crippen molar-refractivity contribution in [3.63, 3.8) is 0 Å². The van der Waals surface area contributed by atoms with Gasteiger partial charge in [-0.25, -0.2) is 0 Å². The van der Waals surface area contributed by atoms with Crippen LogP contribution in [0.15, 0.2) is 77.9 Å². The zero-order valence-corrected chi connectivity index (χ0v) is 13.9. The van der Waals surface area contributed by atoms with Crippen LogP contribution in [-0.4, -0.2) is 23.8 Å². The largest absolute Gasteiger partial charge is 0.298 e. The number of hydrogen-bond donors (Lipinski definition) is 0. The number of nitrogens with zero attached hydrogens (tertiary/aromatic N) is 1. The van der Waals surface area contributed by atoms with Crippen LogP contribution in [0.25, 0.3) is 0 Å². The van der Waals surface area contributed by atoms with Crippen LogP contribution in [-0.2, 0) is 11.3 Å². The molecule has 0 saturated carbocycles. The maximum absolute atomic E-state index is 12.5. The van der Waals surface area contributed by atoms with E-state index in [-0.39, 0.29) is 0 Å². The second-order valence-corrected chi connectivity index (χ2v) is 6.98. The second kappa shape index (κ2) is 6.74. The Morgan fingerprint density at radius 2 is 1.75 bits per heavy atom. The summed E-state index contributed by atoms with van der Waals surface area (Å²) >= 11 is 0. The molecule has 1 aromatic carbocycles. The van der Waals surface area contributed by atoms with Gasteiger partial charge in [0.2, 0.25) is 0 Å². The molecule has 1 saturated heterocycles. The Bertz CT molecular complexity index is 738. The minimum absolute atomic E-state index is 0.310. The van der Waals surface area contributed by atoms with Gasteiger partial charge in [-0.2, -0.15) is 0 Å². The molecule has 2 heteroatoms. The first-order valence-electron chi connectivity index (χ1n) is 8.86. The highest BCUT2D eigenvalue weighted by atomic mass is 16.1. The van der Waals surface area contributed by atoms with Crippen molar-refractivity contribution in [1.82, 2.24) is 4.90 Å². The van der Waals surface area contributed by atoms with Crippen LogP contribution in [0.2, 0.25) is 0 Å². The van der Waals surface area contributed by atoms with E-state index in [1.165, 1.54) is 11.1 Å².